The first-order valence-electron chi connectivity index (χ1n) is 2.68. The maximum absolute atomic E-state index is 9.63. The minimum absolute atomic E-state index is 0.384. The van der Waals surface area contributed by atoms with Gasteiger partial charge in [-0.05, 0) is 19.9 Å². The summed E-state index contributed by atoms with van der Waals surface area (Å²) in [4.78, 5) is 13.8. The molecule has 9 heavy (non-hydrogen) atoms. The summed E-state index contributed by atoms with van der Waals surface area (Å²) in [5, 5.41) is 8.82. The van der Waals surface area contributed by atoms with E-state index in [1.807, 2.05) is 0 Å². The molecule has 0 aromatic heterocycles. The second kappa shape index (κ2) is 4.08. The normalized spacial score (nSPS) is 12.7. The summed E-state index contributed by atoms with van der Waals surface area (Å²) >= 11 is 0. The number of nitrogens with zero attached hydrogens (tertiary/aromatic N) is 1. The molecule has 0 saturated heterocycles. The summed E-state index contributed by atoms with van der Waals surface area (Å²) in [6.07, 6.45) is 0.131. The highest BCUT2D eigenvalue weighted by Gasteiger charge is 2.03. The molecular formula is C4H10N2O3. The summed E-state index contributed by atoms with van der Waals surface area (Å²) in [5.41, 5.74) is 5.10. The molecule has 1 atom stereocenters. The molecule has 0 amide bonds. The summed E-state index contributed by atoms with van der Waals surface area (Å²) in [5.74, 6) is 0. The zero-order valence-electron chi connectivity index (χ0n) is 5.24. The van der Waals surface area contributed by atoms with Gasteiger partial charge in [0.15, 0.2) is 0 Å². The SMILES string of the molecule is CC(CCN)O[N+](=O)[O-]. The number of hydrogen-bond donors (Lipinski definition) is 1. The lowest BCUT2D eigenvalue weighted by atomic mass is 10.3. The van der Waals surface area contributed by atoms with Crippen molar-refractivity contribution in [1.82, 2.24) is 0 Å². The molecule has 0 aliphatic carbocycles. The van der Waals surface area contributed by atoms with Gasteiger partial charge in [0.25, 0.3) is 5.09 Å². The van der Waals surface area contributed by atoms with Crippen LogP contribution < -0.4 is 5.73 Å². The molecule has 0 aliphatic heterocycles. The van der Waals surface area contributed by atoms with Gasteiger partial charge in [0, 0.05) is 0 Å². The van der Waals surface area contributed by atoms with Crippen molar-refractivity contribution in [3.8, 4) is 0 Å². The first-order valence-corrected chi connectivity index (χ1v) is 2.68. The van der Waals surface area contributed by atoms with Crippen LogP contribution in [0.1, 0.15) is 13.3 Å². The molecule has 0 aliphatic rings. The van der Waals surface area contributed by atoms with Gasteiger partial charge >= 0.3 is 0 Å². The number of rotatable bonds is 4. The third kappa shape index (κ3) is 5.02. The highest BCUT2D eigenvalue weighted by atomic mass is 17.0. The Bertz CT molecular complexity index is 95.8. The van der Waals surface area contributed by atoms with Gasteiger partial charge in [-0.25, -0.2) is 0 Å². The van der Waals surface area contributed by atoms with Crippen LogP contribution in [-0.4, -0.2) is 17.7 Å². The van der Waals surface area contributed by atoms with Crippen LogP contribution in [0.15, 0.2) is 0 Å². The van der Waals surface area contributed by atoms with Crippen molar-refractivity contribution in [3.05, 3.63) is 10.1 Å². The number of nitrogens with two attached hydrogens (primary N) is 1. The predicted molar refractivity (Wildman–Crippen MR) is 31.2 cm³/mol. The van der Waals surface area contributed by atoms with Crippen molar-refractivity contribution >= 4 is 0 Å². The second-order valence-electron chi connectivity index (χ2n) is 1.72. The molecule has 54 valence electrons. The van der Waals surface area contributed by atoms with Gasteiger partial charge in [-0.3, -0.25) is 0 Å². The lowest BCUT2D eigenvalue weighted by Crippen LogP contribution is -2.17. The first kappa shape index (κ1) is 8.16. The van der Waals surface area contributed by atoms with E-state index in [9.17, 15) is 10.1 Å². The Morgan fingerprint density at radius 3 is 2.78 bits per heavy atom. The summed E-state index contributed by atoms with van der Waals surface area (Å²) in [6, 6.07) is 0. The van der Waals surface area contributed by atoms with Gasteiger partial charge in [-0.15, -0.1) is 10.1 Å². The molecule has 0 heterocycles. The Labute approximate surface area is 52.9 Å². The van der Waals surface area contributed by atoms with Crippen LogP contribution in [0.3, 0.4) is 0 Å². The molecule has 0 aromatic carbocycles. The van der Waals surface area contributed by atoms with Crippen molar-refractivity contribution in [2.24, 2.45) is 5.73 Å². The number of hydrogen-bond acceptors (Lipinski definition) is 4. The van der Waals surface area contributed by atoms with Crippen LogP contribution in [0, 0.1) is 10.1 Å². The van der Waals surface area contributed by atoms with Crippen molar-refractivity contribution < 1.29 is 9.92 Å². The van der Waals surface area contributed by atoms with E-state index in [4.69, 9.17) is 5.73 Å². The van der Waals surface area contributed by atoms with E-state index < -0.39 is 5.09 Å². The first-order chi connectivity index (χ1) is 4.16. The van der Waals surface area contributed by atoms with Crippen LogP contribution >= 0.6 is 0 Å². The molecule has 0 saturated carbocycles. The van der Waals surface area contributed by atoms with Gasteiger partial charge in [-0.2, -0.15) is 0 Å². The standard InChI is InChI=1S/C4H10N2O3/c1-4(2-3-5)9-6(7)8/h4H,2-3,5H2,1H3. The highest BCUT2D eigenvalue weighted by molar-refractivity contribution is 4.45. The molecule has 5 heteroatoms. The minimum atomic E-state index is -0.805. The molecule has 0 fully saturated rings. The molecule has 0 spiro atoms. The summed E-state index contributed by atoms with van der Waals surface area (Å²) < 4.78 is 0. The zero-order valence-corrected chi connectivity index (χ0v) is 5.24. The lowest BCUT2D eigenvalue weighted by molar-refractivity contribution is -0.767. The molecule has 2 N–H and O–H groups in total. The molecule has 0 radical (unpaired) electrons. The van der Waals surface area contributed by atoms with Gasteiger partial charge in [-0.1, -0.05) is 0 Å². The minimum Gasteiger partial charge on any atom is -0.330 e. The summed E-state index contributed by atoms with van der Waals surface area (Å²) in [7, 11) is 0. The topological polar surface area (TPSA) is 78.4 Å². The fourth-order valence-corrected chi connectivity index (χ4v) is 0.434. The van der Waals surface area contributed by atoms with Crippen molar-refractivity contribution in [3.63, 3.8) is 0 Å². The average molecular weight is 134 g/mol. The van der Waals surface area contributed by atoms with Crippen LogP contribution in [-0.2, 0) is 4.84 Å². The van der Waals surface area contributed by atoms with E-state index in [-0.39, 0.29) is 6.10 Å². The van der Waals surface area contributed by atoms with Crippen LogP contribution in [0.25, 0.3) is 0 Å². The highest BCUT2D eigenvalue weighted by Crippen LogP contribution is 1.93. The second-order valence-corrected chi connectivity index (χ2v) is 1.72. The van der Waals surface area contributed by atoms with Crippen molar-refractivity contribution in [2.45, 2.75) is 19.4 Å². The van der Waals surface area contributed by atoms with Gasteiger partial charge in [0.1, 0.15) is 6.10 Å². The molecule has 5 nitrogen and oxygen atoms in total. The van der Waals surface area contributed by atoms with Crippen LogP contribution in [0.5, 0.6) is 0 Å². The van der Waals surface area contributed by atoms with Crippen molar-refractivity contribution in [1.29, 1.82) is 0 Å². The molecule has 1 unspecified atom stereocenters. The third-order valence-corrected chi connectivity index (χ3v) is 0.839. The Kier molecular flexibility index (Phi) is 3.70. The maximum atomic E-state index is 9.63. The fraction of sp³-hybridized carbons (Fsp3) is 1.00. The van der Waals surface area contributed by atoms with E-state index in [1.165, 1.54) is 0 Å². The van der Waals surface area contributed by atoms with Crippen molar-refractivity contribution in [2.75, 3.05) is 6.54 Å². The monoisotopic (exact) mass is 134 g/mol. The molecule has 0 bridgehead atoms. The smallest absolute Gasteiger partial charge is 0.294 e. The van der Waals surface area contributed by atoms with Crippen LogP contribution in [0.2, 0.25) is 0 Å². The molecule has 0 rings (SSSR count). The van der Waals surface area contributed by atoms with E-state index in [2.05, 4.69) is 4.84 Å². The van der Waals surface area contributed by atoms with Crippen LogP contribution in [0.4, 0.5) is 0 Å². The largest absolute Gasteiger partial charge is 0.330 e. The Balaban J connectivity index is 3.26. The molecular weight excluding hydrogens is 124 g/mol. The third-order valence-electron chi connectivity index (χ3n) is 0.839. The zero-order chi connectivity index (χ0) is 7.28. The predicted octanol–water partition coefficient (Wildman–Crippen LogP) is -0.0680. The Hall–Kier alpha value is -0.840. The summed E-state index contributed by atoms with van der Waals surface area (Å²) in [6.45, 7) is 2.02. The van der Waals surface area contributed by atoms with E-state index >= 15 is 0 Å². The Morgan fingerprint density at radius 2 is 2.44 bits per heavy atom. The van der Waals surface area contributed by atoms with E-state index in [1.54, 1.807) is 6.92 Å². The Morgan fingerprint density at radius 1 is 1.89 bits per heavy atom. The molecule has 0 aromatic rings. The van der Waals surface area contributed by atoms with Gasteiger partial charge in [0.05, 0.1) is 0 Å². The van der Waals surface area contributed by atoms with E-state index in [0.717, 1.165) is 0 Å². The van der Waals surface area contributed by atoms with Gasteiger partial charge in [0.2, 0.25) is 0 Å². The van der Waals surface area contributed by atoms with E-state index in [0.29, 0.717) is 13.0 Å². The lowest BCUT2D eigenvalue weighted by Gasteiger charge is -2.05. The average Bonchev–Trinajstić information content (AvgIpc) is 1.63. The maximum Gasteiger partial charge on any atom is 0.294 e. The van der Waals surface area contributed by atoms with Gasteiger partial charge < -0.3 is 10.6 Å². The fourth-order valence-electron chi connectivity index (χ4n) is 0.434. The quantitative estimate of drug-likeness (QED) is 0.431.